The van der Waals surface area contributed by atoms with E-state index in [1.54, 1.807) is 27.9 Å². The number of nitrogens with one attached hydrogen (secondary N) is 1. The Morgan fingerprint density at radius 1 is 1.08 bits per heavy atom. The van der Waals surface area contributed by atoms with E-state index >= 15 is 0 Å². The van der Waals surface area contributed by atoms with Crippen LogP contribution in [0.3, 0.4) is 0 Å². The van der Waals surface area contributed by atoms with E-state index < -0.39 is 10.5 Å². The zero-order chi connectivity index (χ0) is 28.2. The van der Waals surface area contributed by atoms with Gasteiger partial charge in [0.05, 0.1) is 28.1 Å². The number of carbonyl (C=O) groups excluding carboxylic acids is 2. The largest absolute Gasteiger partial charge is 0.444 e. The van der Waals surface area contributed by atoms with E-state index in [-0.39, 0.29) is 23.6 Å². The minimum Gasteiger partial charge on any atom is -0.444 e. The Morgan fingerprint density at radius 3 is 2.31 bits per heavy atom. The number of amides is 2. The van der Waals surface area contributed by atoms with Gasteiger partial charge >= 0.3 is 6.09 Å². The number of likely N-dealkylation sites (N-methyl/N-ethyl adjacent to an activating group) is 1. The fourth-order valence-electron chi connectivity index (χ4n) is 5.00. The van der Waals surface area contributed by atoms with Gasteiger partial charge in [0.25, 0.3) is 11.6 Å². The molecule has 0 unspecified atom stereocenters. The van der Waals surface area contributed by atoms with E-state index in [1.165, 1.54) is 12.1 Å². The molecule has 0 saturated carbocycles. The highest BCUT2D eigenvalue weighted by molar-refractivity contribution is 5.95. The van der Waals surface area contributed by atoms with Gasteiger partial charge in [0.2, 0.25) is 0 Å². The van der Waals surface area contributed by atoms with Crippen molar-refractivity contribution in [3.05, 3.63) is 51.8 Å². The molecule has 3 heterocycles. The molecule has 2 aromatic rings. The monoisotopic (exact) mass is 541 g/mol. The van der Waals surface area contributed by atoms with Crippen molar-refractivity contribution < 1.29 is 19.2 Å². The van der Waals surface area contributed by atoms with Crippen LogP contribution in [0.2, 0.25) is 0 Å². The van der Waals surface area contributed by atoms with Crippen LogP contribution in [-0.2, 0) is 4.74 Å². The molecular weight excluding hydrogens is 502 g/mol. The average molecular weight is 542 g/mol. The van der Waals surface area contributed by atoms with Crippen LogP contribution in [0.15, 0.2) is 30.5 Å². The maximum atomic E-state index is 13.4. The number of likely N-dealkylation sites (tertiary alicyclic amines) is 1. The third kappa shape index (κ3) is 7.33. The summed E-state index contributed by atoms with van der Waals surface area (Å²) in [6.45, 7) is 11.8. The molecule has 2 saturated heterocycles. The fraction of sp³-hybridized carbons (Fsp3) is 0.593. The van der Waals surface area contributed by atoms with E-state index in [2.05, 4.69) is 27.3 Å². The molecule has 2 aliphatic heterocycles. The van der Waals surface area contributed by atoms with E-state index in [0.29, 0.717) is 43.7 Å². The van der Waals surface area contributed by atoms with E-state index in [1.807, 2.05) is 20.8 Å². The van der Waals surface area contributed by atoms with Crippen molar-refractivity contribution in [1.82, 2.24) is 29.8 Å². The highest BCUT2D eigenvalue weighted by Gasteiger charge is 2.32. The van der Waals surface area contributed by atoms with Crippen molar-refractivity contribution >= 4 is 17.7 Å². The summed E-state index contributed by atoms with van der Waals surface area (Å²) in [5, 5.41) is 18.7. The maximum absolute atomic E-state index is 13.4. The molecule has 1 aromatic carbocycles. The molecule has 12 nitrogen and oxygen atoms in total. The lowest BCUT2D eigenvalue weighted by molar-refractivity contribution is -0.384. The normalized spacial score (nSPS) is 17.7. The molecule has 2 aliphatic rings. The van der Waals surface area contributed by atoms with Gasteiger partial charge in [-0.05, 0) is 52.8 Å². The van der Waals surface area contributed by atoms with Gasteiger partial charge in [-0.2, -0.15) is 5.10 Å². The second kappa shape index (κ2) is 12.1. The van der Waals surface area contributed by atoms with Crippen molar-refractivity contribution in [2.75, 3.05) is 59.4 Å². The van der Waals surface area contributed by atoms with Crippen LogP contribution in [0.25, 0.3) is 5.69 Å². The third-order valence-corrected chi connectivity index (χ3v) is 7.20. The minimum absolute atomic E-state index is 0.0139. The number of piperazine rings is 1. The molecule has 0 radical (unpaired) electrons. The second-order valence-corrected chi connectivity index (χ2v) is 11.3. The summed E-state index contributed by atoms with van der Waals surface area (Å²) in [4.78, 5) is 43.0. The Labute approximate surface area is 229 Å². The summed E-state index contributed by atoms with van der Waals surface area (Å²) >= 11 is 0. The van der Waals surface area contributed by atoms with Crippen LogP contribution < -0.4 is 5.32 Å². The molecule has 39 heavy (non-hydrogen) atoms. The Bertz CT molecular complexity index is 1160. The van der Waals surface area contributed by atoms with Crippen molar-refractivity contribution in [1.29, 1.82) is 0 Å². The second-order valence-electron chi connectivity index (χ2n) is 11.3. The third-order valence-electron chi connectivity index (χ3n) is 7.20. The summed E-state index contributed by atoms with van der Waals surface area (Å²) in [5.41, 5.74) is 1.30. The summed E-state index contributed by atoms with van der Waals surface area (Å²) in [6, 6.07) is 6.14. The van der Waals surface area contributed by atoms with E-state index in [0.717, 1.165) is 38.4 Å². The first-order chi connectivity index (χ1) is 18.5. The number of nitro benzene ring substituents is 1. The average Bonchev–Trinajstić information content (AvgIpc) is 3.34. The first-order valence-corrected chi connectivity index (χ1v) is 13.5. The Balaban J connectivity index is 1.50. The molecular formula is C27H39N7O5. The van der Waals surface area contributed by atoms with Crippen molar-refractivity contribution in [3.8, 4) is 5.69 Å². The maximum Gasteiger partial charge on any atom is 0.410 e. The first-order valence-electron chi connectivity index (χ1n) is 13.5. The minimum atomic E-state index is -0.572. The SMILES string of the molecule is CN1CCN(CCNC(=O)c2cnn(-c3ccc([N+](=O)[O-])cc3)c2C2CCN(C(=O)OC(C)(C)C)CC2)CC1. The highest BCUT2D eigenvalue weighted by Crippen LogP contribution is 2.33. The lowest BCUT2D eigenvalue weighted by Gasteiger charge is -2.34. The molecule has 0 bridgehead atoms. The molecule has 1 N–H and O–H groups in total. The Hall–Kier alpha value is -3.51. The molecule has 0 aliphatic carbocycles. The summed E-state index contributed by atoms with van der Waals surface area (Å²) in [5.74, 6) is -0.221. The Kier molecular flexibility index (Phi) is 8.86. The topological polar surface area (TPSA) is 126 Å². The predicted molar refractivity (Wildman–Crippen MR) is 146 cm³/mol. The van der Waals surface area contributed by atoms with Gasteiger partial charge in [0, 0.05) is 70.4 Å². The number of rotatable bonds is 7. The number of aromatic nitrogens is 2. The van der Waals surface area contributed by atoms with Gasteiger partial charge in [-0.15, -0.1) is 0 Å². The molecule has 2 fully saturated rings. The van der Waals surface area contributed by atoms with Gasteiger partial charge in [0.15, 0.2) is 0 Å². The summed E-state index contributed by atoms with van der Waals surface area (Å²) in [7, 11) is 2.11. The number of benzene rings is 1. The Morgan fingerprint density at radius 2 is 1.72 bits per heavy atom. The number of ether oxygens (including phenoxy) is 1. The molecule has 4 rings (SSSR count). The molecule has 0 spiro atoms. The number of nitro groups is 1. The van der Waals surface area contributed by atoms with Crippen LogP contribution >= 0.6 is 0 Å². The highest BCUT2D eigenvalue weighted by atomic mass is 16.6. The molecule has 1 aromatic heterocycles. The summed E-state index contributed by atoms with van der Waals surface area (Å²) in [6.07, 6.45) is 2.51. The van der Waals surface area contributed by atoms with Gasteiger partial charge in [0.1, 0.15) is 5.60 Å². The van der Waals surface area contributed by atoms with E-state index in [4.69, 9.17) is 4.74 Å². The van der Waals surface area contributed by atoms with Crippen LogP contribution in [0, 0.1) is 10.1 Å². The molecule has 212 valence electrons. The fourth-order valence-corrected chi connectivity index (χ4v) is 5.00. The predicted octanol–water partition coefficient (Wildman–Crippen LogP) is 2.87. The number of piperidine rings is 1. The number of hydrogen-bond donors (Lipinski definition) is 1. The number of hydrogen-bond acceptors (Lipinski definition) is 8. The molecule has 2 amide bonds. The van der Waals surface area contributed by atoms with Crippen LogP contribution in [-0.4, -0.2) is 106 Å². The molecule has 12 heteroatoms. The van der Waals surface area contributed by atoms with Gasteiger partial charge in [-0.25, -0.2) is 9.48 Å². The van der Waals surface area contributed by atoms with Crippen molar-refractivity contribution in [3.63, 3.8) is 0 Å². The quantitative estimate of drug-likeness (QED) is 0.419. The smallest absolute Gasteiger partial charge is 0.410 e. The summed E-state index contributed by atoms with van der Waals surface area (Å²) < 4.78 is 7.23. The zero-order valence-corrected chi connectivity index (χ0v) is 23.3. The number of nitrogens with zero attached hydrogens (tertiary/aromatic N) is 6. The van der Waals surface area contributed by atoms with Crippen LogP contribution in [0.4, 0.5) is 10.5 Å². The van der Waals surface area contributed by atoms with Gasteiger partial charge < -0.3 is 19.9 Å². The lowest BCUT2D eigenvalue weighted by atomic mass is 9.91. The van der Waals surface area contributed by atoms with Crippen LogP contribution in [0.5, 0.6) is 0 Å². The number of non-ortho nitro benzene ring substituents is 1. The van der Waals surface area contributed by atoms with Crippen molar-refractivity contribution in [2.24, 2.45) is 0 Å². The zero-order valence-electron chi connectivity index (χ0n) is 23.3. The lowest BCUT2D eigenvalue weighted by Crippen LogP contribution is -2.47. The van der Waals surface area contributed by atoms with Crippen molar-refractivity contribution in [2.45, 2.75) is 45.1 Å². The standard InChI is InChI=1S/C27H39N7O5/c1-27(2,3)39-26(36)32-12-9-20(10-13-32)24-23(25(35)28-11-14-31-17-15-30(4)16-18-31)19-29-33(24)21-5-7-22(8-6-21)34(37)38/h5-8,19-20H,9-18H2,1-4H3,(H,28,35). The van der Waals surface area contributed by atoms with Gasteiger partial charge in [-0.1, -0.05) is 0 Å². The van der Waals surface area contributed by atoms with E-state index in [9.17, 15) is 19.7 Å². The first kappa shape index (κ1) is 28.5. The number of carbonyl (C=O) groups is 2. The van der Waals surface area contributed by atoms with Gasteiger partial charge in [-0.3, -0.25) is 19.8 Å². The van der Waals surface area contributed by atoms with Crippen LogP contribution in [0.1, 0.15) is 55.6 Å². The molecule has 0 atom stereocenters.